The summed E-state index contributed by atoms with van der Waals surface area (Å²) in [4.78, 5) is 0. The van der Waals surface area contributed by atoms with Crippen LogP contribution in [0.15, 0.2) is 54.1 Å². The van der Waals surface area contributed by atoms with Gasteiger partial charge in [-0.25, -0.2) is 0 Å². The number of ether oxygens (including phenoxy) is 1. The highest BCUT2D eigenvalue weighted by Gasteiger charge is 2.54. The Morgan fingerprint density at radius 3 is 2.73 bits per heavy atom. The molecule has 1 spiro atoms. The Bertz CT molecular complexity index is 919. The molecule has 1 heterocycles. The Hall–Kier alpha value is -2.02. The van der Waals surface area contributed by atoms with Crippen LogP contribution >= 0.6 is 0 Å². The maximum absolute atomic E-state index is 7.17. The lowest BCUT2D eigenvalue weighted by Gasteiger charge is -2.54. The topological polar surface area (TPSA) is 9.23 Å². The molecule has 0 radical (unpaired) electrons. The third kappa shape index (κ3) is 2.03. The average molecular weight is 344 g/mol. The van der Waals surface area contributed by atoms with E-state index < -0.39 is 0 Å². The highest BCUT2D eigenvalue weighted by Crippen LogP contribution is 2.57. The number of hydrogen-bond acceptors (Lipinski definition) is 1. The molecule has 2 aromatic carbocycles. The lowest BCUT2D eigenvalue weighted by Crippen LogP contribution is -2.56. The Kier molecular flexibility index (Phi) is 3.74. The van der Waals surface area contributed by atoms with Crippen LogP contribution in [0.4, 0.5) is 0 Å². The molecule has 1 heteroatoms. The number of rotatable bonds is 2. The summed E-state index contributed by atoms with van der Waals surface area (Å²) in [5, 5.41) is 2.56. The van der Waals surface area contributed by atoms with Gasteiger partial charge in [-0.2, -0.15) is 0 Å². The molecule has 2 aromatic rings. The highest BCUT2D eigenvalue weighted by atomic mass is 16.5. The average Bonchev–Trinajstić information content (AvgIpc) is 2.66. The zero-order valence-corrected chi connectivity index (χ0v) is 15.9. The van der Waals surface area contributed by atoms with E-state index in [-0.39, 0.29) is 5.60 Å². The van der Waals surface area contributed by atoms with Crippen LogP contribution in [0.2, 0.25) is 0 Å². The smallest absolute Gasteiger partial charge is 0.140 e. The molecule has 0 N–H and O–H groups in total. The van der Waals surface area contributed by atoms with Gasteiger partial charge >= 0.3 is 0 Å². The molecule has 0 aromatic heterocycles. The molecular formula is C25H28O. The zero-order valence-electron chi connectivity index (χ0n) is 15.9. The summed E-state index contributed by atoms with van der Waals surface area (Å²) in [6.07, 6.45) is 12.1. The van der Waals surface area contributed by atoms with E-state index in [0.29, 0.717) is 11.8 Å². The van der Waals surface area contributed by atoms with Gasteiger partial charge in [0.1, 0.15) is 11.4 Å². The van der Waals surface area contributed by atoms with Crippen LogP contribution < -0.4 is 4.74 Å². The van der Waals surface area contributed by atoms with Gasteiger partial charge in [-0.3, -0.25) is 0 Å². The lowest BCUT2D eigenvalue weighted by molar-refractivity contribution is -0.0320. The van der Waals surface area contributed by atoms with Crippen molar-refractivity contribution >= 4 is 16.3 Å². The van der Waals surface area contributed by atoms with Crippen molar-refractivity contribution in [1.82, 2.24) is 0 Å². The molecule has 0 amide bonds. The predicted octanol–water partition coefficient (Wildman–Crippen LogP) is 6.92. The van der Waals surface area contributed by atoms with Gasteiger partial charge in [0.2, 0.25) is 0 Å². The Morgan fingerprint density at radius 1 is 1.04 bits per heavy atom. The van der Waals surface area contributed by atoms with Gasteiger partial charge in [-0.15, -0.1) is 0 Å². The van der Waals surface area contributed by atoms with Gasteiger partial charge < -0.3 is 4.74 Å². The number of fused-ring (bicyclic) bond motifs is 3. The summed E-state index contributed by atoms with van der Waals surface area (Å²) in [5.41, 5.74) is 4.36. The van der Waals surface area contributed by atoms with Crippen LogP contribution in [-0.4, -0.2) is 5.60 Å². The van der Waals surface area contributed by atoms with Crippen molar-refractivity contribution in [3.63, 3.8) is 0 Å². The summed E-state index contributed by atoms with van der Waals surface area (Å²) >= 11 is 0. The van der Waals surface area contributed by atoms with Gasteiger partial charge in [-0.05, 0) is 48.6 Å². The first-order valence-corrected chi connectivity index (χ1v) is 10.4. The molecule has 2 bridgehead atoms. The molecule has 1 fully saturated rings. The molecule has 2 aliphatic carbocycles. The van der Waals surface area contributed by atoms with Gasteiger partial charge in [0.05, 0.1) is 0 Å². The van der Waals surface area contributed by atoms with Crippen LogP contribution in [0.3, 0.4) is 0 Å². The van der Waals surface area contributed by atoms with Crippen molar-refractivity contribution < 1.29 is 4.74 Å². The largest absolute Gasteiger partial charge is 0.481 e. The molecule has 3 atom stereocenters. The zero-order chi connectivity index (χ0) is 17.7. The van der Waals surface area contributed by atoms with Crippen molar-refractivity contribution in [2.75, 3.05) is 0 Å². The van der Waals surface area contributed by atoms with E-state index in [9.17, 15) is 0 Å². The molecule has 5 rings (SSSR count). The van der Waals surface area contributed by atoms with Crippen LogP contribution in [0.5, 0.6) is 5.75 Å². The molecule has 3 aliphatic rings. The maximum Gasteiger partial charge on any atom is 0.140 e. The van der Waals surface area contributed by atoms with Crippen LogP contribution in [0, 0.1) is 11.8 Å². The van der Waals surface area contributed by atoms with E-state index in [1.807, 2.05) is 0 Å². The van der Waals surface area contributed by atoms with E-state index in [2.05, 4.69) is 62.4 Å². The second-order valence-electron chi connectivity index (χ2n) is 8.12. The minimum atomic E-state index is -0.107. The molecule has 134 valence electrons. The SMILES string of the molecule is CCC1=C(CC)C2(Oc3c1ccc1ccccc31)C1C=CCC2CCC1. The van der Waals surface area contributed by atoms with Gasteiger partial charge in [0.15, 0.2) is 0 Å². The fraction of sp³-hybridized carbons (Fsp3) is 0.440. The van der Waals surface area contributed by atoms with E-state index in [1.54, 1.807) is 11.1 Å². The molecule has 3 unspecified atom stereocenters. The summed E-state index contributed by atoms with van der Waals surface area (Å²) in [6, 6.07) is 13.3. The number of benzene rings is 2. The van der Waals surface area contributed by atoms with E-state index >= 15 is 0 Å². The lowest BCUT2D eigenvalue weighted by atomic mass is 9.58. The van der Waals surface area contributed by atoms with Gasteiger partial charge in [0, 0.05) is 22.8 Å². The summed E-state index contributed by atoms with van der Waals surface area (Å²) in [5.74, 6) is 2.29. The Morgan fingerprint density at radius 2 is 1.92 bits per heavy atom. The first kappa shape index (κ1) is 16.2. The summed E-state index contributed by atoms with van der Waals surface area (Å²) in [7, 11) is 0. The Balaban J connectivity index is 1.83. The van der Waals surface area contributed by atoms with Crippen molar-refractivity contribution in [2.45, 2.75) is 58.0 Å². The second-order valence-corrected chi connectivity index (χ2v) is 8.12. The number of hydrogen-bond donors (Lipinski definition) is 0. The quantitative estimate of drug-likeness (QED) is 0.537. The summed E-state index contributed by atoms with van der Waals surface area (Å²) in [6.45, 7) is 4.65. The fourth-order valence-electron chi connectivity index (χ4n) is 6.00. The third-order valence-corrected chi connectivity index (χ3v) is 7.03. The highest BCUT2D eigenvalue weighted by molar-refractivity contribution is 5.95. The minimum Gasteiger partial charge on any atom is -0.481 e. The second kappa shape index (κ2) is 6.01. The Labute approximate surface area is 156 Å². The van der Waals surface area contributed by atoms with Gasteiger partial charge in [-0.1, -0.05) is 68.8 Å². The molecule has 1 aliphatic heterocycles. The normalized spacial score (nSPS) is 29.8. The van der Waals surface area contributed by atoms with E-state index in [4.69, 9.17) is 4.74 Å². The first-order valence-electron chi connectivity index (χ1n) is 10.4. The predicted molar refractivity (Wildman–Crippen MR) is 109 cm³/mol. The fourth-order valence-corrected chi connectivity index (χ4v) is 6.00. The van der Waals surface area contributed by atoms with Crippen molar-refractivity contribution in [2.24, 2.45) is 11.8 Å². The summed E-state index contributed by atoms with van der Waals surface area (Å²) < 4.78 is 7.17. The minimum absolute atomic E-state index is 0.107. The molecule has 26 heavy (non-hydrogen) atoms. The van der Waals surface area contributed by atoms with Crippen LogP contribution in [0.1, 0.15) is 57.9 Å². The molecule has 1 saturated carbocycles. The third-order valence-electron chi connectivity index (χ3n) is 7.03. The standard InChI is InChI=1S/C25H28O/c1-3-20-22-16-15-17-9-5-6-14-21(17)24(22)26-25(23(20)4-2)18-10-7-11-19(25)13-8-12-18/h5-7,9-10,14-16,18-19H,3-4,8,11-13H2,1-2H3. The molecule has 0 saturated heterocycles. The van der Waals surface area contributed by atoms with Crippen molar-refractivity contribution in [1.29, 1.82) is 0 Å². The van der Waals surface area contributed by atoms with Crippen molar-refractivity contribution in [3.8, 4) is 5.75 Å². The van der Waals surface area contributed by atoms with Crippen LogP contribution in [0.25, 0.3) is 16.3 Å². The molecule has 1 nitrogen and oxygen atoms in total. The first-order chi connectivity index (χ1) is 12.8. The van der Waals surface area contributed by atoms with E-state index in [0.717, 1.165) is 25.0 Å². The van der Waals surface area contributed by atoms with Crippen LogP contribution in [-0.2, 0) is 0 Å². The van der Waals surface area contributed by atoms with Crippen molar-refractivity contribution in [3.05, 3.63) is 59.7 Å². The monoisotopic (exact) mass is 344 g/mol. The molecular weight excluding hydrogens is 316 g/mol. The van der Waals surface area contributed by atoms with Gasteiger partial charge in [0.25, 0.3) is 0 Å². The van der Waals surface area contributed by atoms with E-state index in [1.165, 1.54) is 35.6 Å². The number of allylic oxidation sites excluding steroid dienone is 2. The maximum atomic E-state index is 7.17.